The van der Waals surface area contributed by atoms with E-state index in [4.69, 9.17) is 23.8 Å². The molecule has 0 atom stereocenters. The second kappa shape index (κ2) is 4.46. The van der Waals surface area contributed by atoms with E-state index in [-0.39, 0.29) is 0 Å². The largest absolute Gasteiger partial charge is 0.331 e. The molecule has 0 bridgehead atoms. The van der Waals surface area contributed by atoms with Gasteiger partial charge in [-0.15, -0.1) is 0 Å². The van der Waals surface area contributed by atoms with Crippen LogP contribution in [-0.2, 0) is 6.54 Å². The zero-order valence-corrected chi connectivity index (χ0v) is 12.0. The zero-order valence-electron chi connectivity index (χ0n) is 10.4. The molecule has 0 amide bonds. The van der Waals surface area contributed by atoms with Crippen LogP contribution < -0.4 is 0 Å². The lowest BCUT2D eigenvalue weighted by molar-refractivity contribution is 0.352. The maximum absolute atomic E-state index is 6.03. The van der Waals surface area contributed by atoms with E-state index in [2.05, 4.69) is 30.3 Å². The van der Waals surface area contributed by atoms with Crippen molar-refractivity contribution >= 4 is 34.9 Å². The highest BCUT2D eigenvalue weighted by molar-refractivity contribution is 7.71. The molecule has 2 aromatic rings. The van der Waals surface area contributed by atoms with Crippen LogP contribution in [0.1, 0.15) is 27.2 Å². The topological polar surface area (TPSA) is 20.7 Å². The van der Waals surface area contributed by atoms with E-state index < -0.39 is 0 Å². The minimum absolute atomic E-state index is 0.303. The summed E-state index contributed by atoms with van der Waals surface area (Å²) in [6.07, 6.45) is 1.08. The van der Waals surface area contributed by atoms with E-state index in [1.165, 1.54) is 0 Å². The molecule has 0 saturated heterocycles. The van der Waals surface area contributed by atoms with E-state index in [0.29, 0.717) is 5.41 Å². The summed E-state index contributed by atoms with van der Waals surface area (Å²) in [5.74, 6) is 0. The van der Waals surface area contributed by atoms with Gasteiger partial charge in [-0.05, 0) is 42.3 Å². The van der Waals surface area contributed by atoms with Gasteiger partial charge in [0, 0.05) is 11.6 Å². The van der Waals surface area contributed by atoms with Crippen LogP contribution in [-0.4, -0.2) is 9.55 Å². The smallest absolute Gasteiger partial charge is 0.178 e. The van der Waals surface area contributed by atoms with Crippen LogP contribution in [0.4, 0.5) is 0 Å². The monoisotopic (exact) mass is 268 g/mol. The van der Waals surface area contributed by atoms with Gasteiger partial charge in [-0.1, -0.05) is 32.4 Å². The summed E-state index contributed by atoms with van der Waals surface area (Å²) < 4.78 is 2.90. The van der Waals surface area contributed by atoms with Crippen LogP contribution in [0.3, 0.4) is 0 Å². The maximum atomic E-state index is 6.03. The summed E-state index contributed by atoms with van der Waals surface area (Å²) in [5, 5.41) is 0.746. The van der Waals surface area contributed by atoms with Gasteiger partial charge >= 0.3 is 0 Å². The Kier molecular flexibility index (Phi) is 3.32. The van der Waals surface area contributed by atoms with Crippen molar-refractivity contribution in [3.05, 3.63) is 28.0 Å². The van der Waals surface area contributed by atoms with Crippen LogP contribution in [0.2, 0.25) is 5.02 Å². The molecule has 92 valence electrons. The van der Waals surface area contributed by atoms with Crippen molar-refractivity contribution in [1.82, 2.24) is 9.55 Å². The molecule has 0 aliphatic rings. The summed E-state index contributed by atoms with van der Waals surface area (Å²) in [6.45, 7) is 7.62. The molecular weight excluding hydrogens is 252 g/mol. The second-order valence-corrected chi connectivity index (χ2v) is 6.38. The van der Waals surface area contributed by atoms with Crippen molar-refractivity contribution in [3.8, 4) is 0 Å². The van der Waals surface area contributed by atoms with Crippen LogP contribution in [0.15, 0.2) is 18.2 Å². The predicted molar refractivity (Wildman–Crippen MR) is 76.2 cm³/mol. The first-order valence-corrected chi connectivity index (χ1v) is 6.53. The number of H-pyrrole nitrogens is 1. The van der Waals surface area contributed by atoms with Gasteiger partial charge in [0.2, 0.25) is 0 Å². The van der Waals surface area contributed by atoms with E-state index in [9.17, 15) is 0 Å². The highest BCUT2D eigenvalue weighted by Gasteiger charge is 2.12. The Hall–Kier alpha value is -0.800. The number of rotatable bonds is 2. The van der Waals surface area contributed by atoms with E-state index in [1.54, 1.807) is 0 Å². The van der Waals surface area contributed by atoms with Crippen LogP contribution in [0.5, 0.6) is 0 Å². The number of aromatic amines is 1. The fourth-order valence-corrected chi connectivity index (χ4v) is 2.26. The number of fused-ring (bicyclic) bond motifs is 1. The van der Waals surface area contributed by atoms with Crippen molar-refractivity contribution in [3.63, 3.8) is 0 Å². The summed E-state index contributed by atoms with van der Waals surface area (Å²) in [6, 6.07) is 5.82. The first-order chi connectivity index (χ1) is 7.87. The van der Waals surface area contributed by atoms with Crippen LogP contribution in [0, 0.1) is 10.2 Å². The van der Waals surface area contributed by atoms with Gasteiger partial charge in [0.1, 0.15) is 0 Å². The van der Waals surface area contributed by atoms with Crippen molar-refractivity contribution in [2.75, 3.05) is 0 Å². The first-order valence-electron chi connectivity index (χ1n) is 5.75. The molecule has 17 heavy (non-hydrogen) atoms. The summed E-state index contributed by atoms with van der Waals surface area (Å²) in [7, 11) is 0. The number of imidazole rings is 1. The number of aryl methyl sites for hydroxylation is 1. The van der Waals surface area contributed by atoms with E-state index >= 15 is 0 Å². The van der Waals surface area contributed by atoms with Gasteiger partial charge in [0.25, 0.3) is 0 Å². The van der Waals surface area contributed by atoms with Crippen LogP contribution in [0.25, 0.3) is 11.0 Å². The molecule has 0 unspecified atom stereocenters. The molecule has 0 spiro atoms. The fraction of sp³-hybridized carbons (Fsp3) is 0.462. The highest BCUT2D eigenvalue weighted by atomic mass is 35.5. The Morgan fingerprint density at radius 3 is 2.71 bits per heavy atom. The van der Waals surface area contributed by atoms with E-state index in [0.717, 1.165) is 33.8 Å². The third kappa shape index (κ3) is 2.90. The molecule has 1 heterocycles. The average Bonchev–Trinajstić information content (AvgIpc) is 2.49. The molecular formula is C13H17ClN2S. The van der Waals surface area contributed by atoms with Crippen molar-refractivity contribution in [2.24, 2.45) is 5.41 Å². The Morgan fingerprint density at radius 2 is 2.06 bits per heavy atom. The number of aromatic nitrogens is 2. The Labute approximate surface area is 112 Å². The molecule has 2 rings (SSSR count). The number of hydrogen-bond acceptors (Lipinski definition) is 1. The molecule has 0 aliphatic carbocycles. The Bertz CT molecular complexity index is 589. The molecule has 0 radical (unpaired) electrons. The van der Waals surface area contributed by atoms with Crippen molar-refractivity contribution < 1.29 is 0 Å². The number of hydrogen-bond donors (Lipinski definition) is 1. The van der Waals surface area contributed by atoms with E-state index in [1.807, 2.05) is 18.2 Å². The second-order valence-electron chi connectivity index (χ2n) is 5.55. The lowest BCUT2D eigenvalue weighted by Crippen LogP contribution is -2.10. The number of halogens is 1. The SMILES string of the molecule is CC(C)(C)CCn1c(=S)[nH]c2ccc(Cl)cc21. The third-order valence-corrected chi connectivity index (χ3v) is 3.38. The Morgan fingerprint density at radius 1 is 1.35 bits per heavy atom. The maximum Gasteiger partial charge on any atom is 0.178 e. The molecule has 1 aromatic heterocycles. The zero-order chi connectivity index (χ0) is 12.6. The molecule has 4 heteroatoms. The standard InChI is InChI=1S/C13H17ClN2S/c1-13(2,3)6-7-16-11-8-9(14)4-5-10(11)15-12(16)17/h4-5,8H,6-7H2,1-3H3,(H,15,17). The fourth-order valence-electron chi connectivity index (χ4n) is 1.80. The average molecular weight is 269 g/mol. The molecule has 2 nitrogen and oxygen atoms in total. The lowest BCUT2D eigenvalue weighted by atomic mass is 9.92. The molecule has 0 fully saturated rings. The van der Waals surface area contributed by atoms with Gasteiger partial charge in [-0.3, -0.25) is 0 Å². The van der Waals surface area contributed by atoms with Crippen LogP contribution >= 0.6 is 23.8 Å². The highest BCUT2D eigenvalue weighted by Crippen LogP contribution is 2.23. The third-order valence-electron chi connectivity index (χ3n) is 2.82. The normalized spacial score (nSPS) is 12.2. The molecule has 0 saturated carbocycles. The van der Waals surface area contributed by atoms with Gasteiger partial charge in [-0.2, -0.15) is 0 Å². The van der Waals surface area contributed by atoms with Gasteiger partial charge in [0.15, 0.2) is 4.77 Å². The number of nitrogens with zero attached hydrogens (tertiary/aromatic N) is 1. The van der Waals surface area contributed by atoms with Gasteiger partial charge < -0.3 is 9.55 Å². The Balaban J connectivity index is 2.42. The first kappa shape index (κ1) is 12.7. The predicted octanol–water partition coefficient (Wildman–Crippen LogP) is 4.79. The summed E-state index contributed by atoms with van der Waals surface area (Å²) in [5.41, 5.74) is 2.44. The van der Waals surface area contributed by atoms with Gasteiger partial charge in [-0.25, -0.2) is 0 Å². The number of nitrogens with one attached hydrogen (secondary N) is 1. The van der Waals surface area contributed by atoms with Gasteiger partial charge in [0.05, 0.1) is 11.0 Å². The summed E-state index contributed by atoms with van der Waals surface area (Å²) >= 11 is 11.4. The number of benzene rings is 1. The lowest BCUT2D eigenvalue weighted by Gasteiger charge is -2.18. The minimum Gasteiger partial charge on any atom is -0.331 e. The molecule has 0 aliphatic heterocycles. The quantitative estimate of drug-likeness (QED) is 0.777. The minimum atomic E-state index is 0.303. The molecule has 1 N–H and O–H groups in total. The molecule has 1 aromatic carbocycles. The van der Waals surface area contributed by atoms with Crippen molar-refractivity contribution in [2.45, 2.75) is 33.7 Å². The van der Waals surface area contributed by atoms with Crippen molar-refractivity contribution in [1.29, 1.82) is 0 Å². The summed E-state index contributed by atoms with van der Waals surface area (Å²) in [4.78, 5) is 3.21.